The third kappa shape index (κ3) is 3.08. The first-order valence-electron chi connectivity index (χ1n) is 6.24. The quantitative estimate of drug-likeness (QED) is 0.887. The first kappa shape index (κ1) is 14.7. The first-order valence-corrected chi connectivity index (χ1v) is 7.85. The standard InChI is InChI=1S/C15H18BrNOS/c1-9-7-14(19-10(9)2)15(18)12(8-17)11-5-3-4-6-13(11)16/h3-7,12,15,18H,8,17H2,1-2H3. The van der Waals surface area contributed by atoms with Gasteiger partial charge in [0.1, 0.15) is 0 Å². The normalized spacial score (nSPS) is 14.4. The van der Waals surface area contributed by atoms with Gasteiger partial charge in [0, 0.05) is 26.7 Å². The monoisotopic (exact) mass is 339 g/mol. The Kier molecular flexibility index (Phi) is 4.79. The van der Waals surface area contributed by atoms with Crippen molar-refractivity contribution < 1.29 is 5.11 Å². The average Bonchev–Trinajstić information content (AvgIpc) is 2.73. The summed E-state index contributed by atoms with van der Waals surface area (Å²) >= 11 is 5.18. The first-order chi connectivity index (χ1) is 9.04. The number of nitrogens with two attached hydrogens (primary N) is 1. The van der Waals surface area contributed by atoms with E-state index in [0.717, 1.165) is 14.9 Å². The SMILES string of the molecule is Cc1cc(C(O)C(CN)c2ccccc2Br)sc1C. The zero-order valence-electron chi connectivity index (χ0n) is 11.1. The van der Waals surface area contributed by atoms with Crippen LogP contribution in [0.5, 0.6) is 0 Å². The molecule has 0 spiro atoms. The van der Waals surface area contributed by atoms with Gasteiger partial charge in [0.05, 0.1) is 6.10 Å². The lowest BCUT2D eigenvalue weighted by atomic mass is 9.92. The van der Waals surface area contributed by atoms with Crippen molar-refractivity contribution in [3.8, 4) is 0 Å². The lowest BCUT2D eigenvalue weighted by molar-refractivity contribution is 0.151. The van der Waals surface area contributed by atoms with Gasteiger partial charge in [-0.1, -0.05) is 34.1 Å². The smallest absolute Gasteiger partial charge is 0.0962 e. The Labute approximate surface area is 126 Å². The number of rotatable bonds is 4. The van der Waals surface area contributed by atoms with Gasteiger partial charge < -0.3 is 10.8 Å². The van der Waals surface area contributed by atoms with Gasteiger partial charge in [0.15, 0.2) is 0 Å². The fraction of sp³-hybridized carbons (Fsp3) is 0.333. The van der Waals surface area contributed by atoms with E-state index < -0.39 is 6.10 Å². The molecule has 2 aromatic rings. The van der Waals surface area contributed by atoms with Crippen LogP contribution in [0.2, 0.25) is 0 Å². The predicted octanol–water partition coefficient (Wildman–Crippen LogP) is 3.90. The molecule has 1 aromatic carbocycles. The summed E-state index contributed by atoms with van der Waals surface area (Å²) < 4.78 is 0.995. The Morgan fingerprint density at radius 3 is 2.53 bits per heavy atom. The van der Waals surface area contributed by atoms with Crippen LogP contribution in [0.3, 0.4) is 0 Å². The molecule has 0 aliphatic carbocycles. The van der Waals surface area contributed by atoms with E-state index in [2.05, 4.69) is 35.8 Å². The van der Waals surface area contributed by atoms with Crippen molar-refractivity contribution in [2.45, 2.75) is 25.9 Å². The molecule has 0 aliphatic heterocycles. The fourth-order valence-electron chi connectivity index (χ4n) is 2.15. The molecule has 1 aromatic heterocycles. The van der Waals surface area contributed by atoms with Crippen LogP contribution in [-0.2, 0) is 0 Å². The van der Waals surface area contributed by atoms with E-state index in [9.17, 15) is 5.11 Å². The highest BCUT2D eigenvalue weighted by Gasteiger charge is 2.24. The second-order valence-corrected chi connectivity index (χ2v) is 6.84. The van der Waals surface area contributed by atoms with E-state index in [4.69, 9.17) is 5.73 Å². The van der Waals surface area contributed by atoms with Crippen molar-refractivity contribution in [1.82, 2.24) is 0 Å². The molecular formula is C15H18BrNOS. The molecule has 0 aliphatic rings. The molecule has 0 bridgehead atoms. The molecule has 102 valence electrons. The Morgan fingerprint density at radius 1 is 1.32 bits per heavy atom. The van der Waals surface area contributed by atoms with Crippen LogP contribution < -0.4 is 5.73 Å². The van der Waals surface area contributed by atoms with Crippen molar-refractivity contribution in [2.75, 3.05) is 6.54 Å². The van der Waals surface area contributed by atoms with Gasteiger partial charge in [-0.2, -0.15) is 0 Å². The van der Waals surface area contributed by atoms with E-state index in [1.165, 1.54) is 10.4 Å². The highest BCUT2D eigenvalue weighted by atomic mass is 79.9. The molecule has 0 radical (unpaired) electrons. The van der Waals surface area contributed by atoms with Gasteiger partial charge in [-0.3, -0.25) is 0 Å². The van der Waals surface area contributed by atoms with Crippen molar-refractivity contribution in [2.24, 2.45) is 5.73 Å². The Hall–Kier alpha value is -0.680. The summed E-state index contributed by atoms with van der Waals surface area (Å²) in [5.74, 6) is -0.0898. The van der Waals surface area contributed by atoms with E-state index in [1.54, 1.807) is 11.3 Å². The zero-order valence-corrected chi connectivity index (χ0v) is 13.5. The molecule has 0 amide bonds. The van der Waals surface area contributed by atoms with E-state index in [1.807, 2.05) is 24.3 Å². The van der Waals surface area contributed by atoms with Crippen LogP contribution in [-0.4, -0.2) is 11.7 Å². The van der Waals surface area contributed by atoms with E-state index >= 15 is 0 Å². The minimum atomic E-state index is -0.555. The highest BCUT2D eigenvalue weighted by Crippen LogP contribution is 2.37. The van der Waals surface area contributed by atoms with Crippen LogP contribution in [0, 0.1) is 13.8 Å². The van der Waals surface area contributed by atoms with Crippen LogP contribution in [0.4, 0.5) is 0 Å². The van der Waals surface area contributed by atoms with Gasteiger partial charge in [0.25, 0.3) is 0 Å². The third-order valence-electron chi connectivity index (χ3n) is 3.42. The van der Waals surface area contributed by atoms with E-state index in [-0.39, 0.29) is 5.92 Å². The number of aryl methyl sites for hydroxylation is 2. The average molecular weight is 340 g/mol. The molecule has 0 fully saturated rings. The fourth-order valence-corrected chi connectivity index (χ4v) is 3.82. The highest BCUT2D eigenvalue weighted by molar-refractivity contribution is 9.10. The summed E-state index contributed by atoms with van der Waals surface area (Å²) in [6.45, 7) is 4.56. The number of hydrogen-bond donors (Lipinski definition) is 2. The molecule has 2 rings (SSSR count). The van der Waals surface area contributed by atoms with Crippen molar-refractivity contribution >= 4 is 27.3 Å². The maximum absolute atomic E-state index is 10.6. The second kappa shape index (κ2) is 6.18. The maximum atomic E-state index is 10.6. The van der Waals surface area contributed by atoms with Crippen LogP contribution in [0.25, 0.3) is 0 Å². The number of benzene rings is 1. The molecule has 4 heteroatoms. The van der Waals surface area contributed by atoms with E-state index in [0.29, 0.717) is 6.54 Å². The molecule has 2 unspecified atom stereocenters. The summed E-state index contributed by atoms with van der Waals surface area (Å²) in [7, 11) is 0. The molecular weight excluding hydrogens is 322 g/mol. The molecule has 1 heterocycles. The number of aliphatic hydroxyl groups is 1. The van der Waals surface area contributed by atoms with Crippen molar-refractivity contribution in [1.29, 1.82) is 0 Å². The molecule has 2 atom stereocenters. The molecule has 19 heavy (non-hydrogen) atoms. The van der Waals surface area contributed by atoms with Gasteiger partial charge in [-0.05, 0) is 37.1 Å². The number of halogens is 1. The third-order valence-corrected chi connectivity index (χ3v) is 5.36. The lowest BCUT2D eigenvalue weighted by Gasteiger charge is -2.22. The lowest BCUT2D eigenvalue weighted by Crippen LogP contribution is -2.20. The number of hydrogen-bond acceptors (Lipinski definition) is 3. The molecule has 3 N–H and O–H groups in total. The van der Waals surface area contributed by atoms with Crippen LogP contribution in [0.15, 0.2) is 34.8 Å². The second-order valence-electron chi connectivity index (χ2n) is 4.70. The topological polar surface area (TPSA) is 46.2 Å². The van der Waals surface area contributed by atoms with Gasteiger partial charge in [0.2, 0.25) is 0 Å². The van der Waals surface area contributed by atoms with Gasteiger partial charge >= 0.3 is 0 Å². The summed E-state index contributed by atoms with van der Waals surface area (Å²) in [5.41, 5.74) is 8.16. The van der Waals surface area contributed by atoms with Gasteiger partial charge in [-0.15, -0.1) is 11.3 Å². The maximum Gasteiger partial charge on any atom is 0.0962 e. The minimum absolute atomic E-state index is 0.0898. The van der Waals surface area contributed by atoms with Crippen LogP contribution >= 0.6 is 27.3 Å². The molecule has 2 nitrogen and oxygen atoms in total. The summed E-state index contributed by atoms with van der Waals surface area (Å²) in [6.07, 6.45) is -0.555. The number of thiophene rings is 1. The van der Waals surface area contributed by atoms with Gasteiger partial charge in [-0.25, -0.2) is 0 Å². The summed E-state index contributed by atoms with van der Waals surface area (Å²) in [6, 6.07) is 9.99. The zero-order chi connectivity index (χ0) is 14.0. The van der Waals surface area contributed by atoms with Crippen LogP contribution in [0.1, 0.15) is 32.9 Å². The molecule has 0 saturated carbocycles. The largest absolute Gasteiger partial charge is 0.387 e. The number of aliphatic hydroxyl groups excluding tert-OH is 1. The Bertz CT molecular complexity index is 548. The Balaban J connectivity index is 2.34. The molecule has 0 saturated heterocycles. The van der Waals surface area contributed by atoms with Crippen molar-refractivity contribution in [3.05, 3.63) is 55.7 Å². The van der Waals surface area contributed by atoms with Crippen molar-refractivity contribution in [3.63, 3.8) is 0 Å². The summed E-state index contributed by atoms with van der Waals surface area (Å²) in [5, 5.41) is 10.6. The Morgan fingerprint density at radius 2 is 2.00 bits per heavy atom. The minimum Gasteiger partial charge on any atom is -0.387 e. The summed E-state index contributed by atoms with van der Waals surface area (Å²) in [4.78, 5) is 2.23. The predicted molar refractivity (Wildman–Crippen MR) is 84.7 cm³/mol.